The van der Waals surface area contributed by atoms with Crippen molar-refractivity contribution >= 4 is 5.97 Å². The molecule has 2 atom stereocenters. The molecule has 1 aliphatic carbocycles. The lowest BCUT2D eigenvalue weighted by atomic mass is 10.1. The van der Waals surface area contributed by atoms with E-state index in [0.29, 0.717) is 18.2 Å². The minimum atomic E-state index is -0.851. The third-order valence-corrected chi connectivity index (χ3v) is 2.91. The summed E-state index contributed by atoms with van der Waals surface area (Å²) in [5.74, 6) is -0.113. The third-order valence-electron chi connectivity index (χ3n) is 2.91. The van der Waals surface area contributed by atoms with Crippen LogP contribution >= 0.6 is 0 Å². The van der Waals surface area contributed by atoms with Crippen LogP contribution in [0.15, 0.2) is 24.3 Å². The second-order valence-electron chi connectivity index (χ2n) is 4.16. The Morgan fingerprint density at radius 1 is 1.53 bits per heavy atom. The smallest absolute Gasteiger partial charge is 0.336 e. The fraction of sp³-hybridized carbons (Fsp3) is 0.417. The molecule has 0 spiro atoms. The second kappa shape index (κ2) is 4.03. The quantitative estimate of drug-likeness (QED) is 0.789. The molecule has 80 valence electrons. The molecule has 2 rings (SSSR count). The minimum absolute atomic E-state index is 0.401. The average Bonchev–Trinajstić information content (AvgIpc) is 2.92. The lowest BCUT2D eigenvalue weighted by molar-refractivity contribution is 0.0695. The average molecular weight is 205 g/mol. The van der Waals surface area contributed by atoms with Crippen LogP contribution in [-0.2, 0) is 6.54 Å². The van der Waals surface area contributed by atoms with Crippen LogP contribution in [0.5, 0.6) is 0 Å². The Kier molecular flexibility index (Phi) is 2.73. The first-order chi connectivity index (χ1) is 7.18. The standard InChI is InChI=1S/C12H15NO2/c1-8-6-11(8)13-7-9-4-2-3-5-10(9)12(14)15/h2-5,8,11,13H,6-7H2,1H3,(H,14,15). The zero-order valence-corrected chi connectivity index (χ0v) is 8.73. The molecule has 0 aliphatic heterocycles. The van der Waals surface area contributed by atoms with E-state index in [4.69, 9.17) is 5.11 Å². The maximum absolute atomic E-state index is 10.9. The van der Waals surface area contributed by atoms with E-state index in [0.717, 1.165) is 11.5 Å². The van der Waals surface area contributed by atoms with Gasteiger partial charge >= 0.3 is 5.97 Å². The van der Waals surface area contributed by atoms with Gasteiger partial charge in [0.1, 0.15) is 0 Å². The Labute approximate surface area is 89.1 Å². The van der Waals surface area contributed by atoms with Crippen molar-refractivity contribution < 1.29 is 9.90 Å². The largest absolute Gasteiger partial charge is 0.478 e. The maximum Gasteiger partial charge on any atom is 0.336 e. The van der Waals surface area contributed by atoms with Crippen LogP contribution in [0.4, 0.5) is 0 Å². The zero-order chi connectivity index (χ0) is 10.8. The highest BCUT2D eigenvalue weighted by atomic mass is 16.4. The van der Waals surface area contributed by atoms with E-state index in [1.807, 2.05) is 12.1 Å². The number of carbonyl (C=O) groups is 1. The lowest BCUT2D eigenvalue weighted by Gasteiger charge is -2.06. The molecular formula is C12H15NO2. The van der Waals surface area contributed by atoms with Gasteiger partial charge in [0, 0.05) is 12.6 Å². The molecule has 15 heavy (non-hydrogen) atoms. The molecule has 0 saturated heterocycles. The van der Waals surface area contributed by atoms with Crippen LogP contribution in [0, 0.1) is 5.92 Å². The van der Waals surface area contributed by atoms with E-state index in [2.05, 4.69) is 12.2 Å². The van der Waals surface area contributed by atoms with Crippen molar-refractivity contribution in [3.8, 4) is 0 Å². The van der Waals surface area contributed by atoms with Crippen LogP contribution in [0.3, 0.4) is 0 Å². The molecule has 1 aliphatic rings. The molecule has 2 unspecified atom stereocenters. The van der Waals surface area contributed by atoms with E-state index < -0.39 is 5.97 Å². The maximum atomic E-state index is 10.9. The van der Waals surface area contributed by atoms with Gasteiger partial charge in [-0.25, -0.2) is 4.79 Å². The summed E-state index contributed by atoms with van der Waals surface area (Å²) in [6.07, 6.45) is 1.20. The Bertz CT molecular complexity index is 376. The number of hydrogen-bond acceptors (Lipinski definition) is 2. The minimum Gasteiger partial charge on any atom is -0.478 e. The normalized spacial score (nSPS) is 23.8. The first kappa shape index (κ1) is 10.2. The fourth-order valence-corrected chi connectivity index (χ4v) is 1.73. The topological polar surface area (TPSA) is 49.3 Å². The molecule has 1 saturated carbocycles. The van der Waals surface area contributed by atoms with Crippen molar-refractivity contribution in [2.24, 2.45) is 5.92 Å². The van der Waals surface area contributed by atoms with Gasteiger partial charge < -0.3 is 10.4 Å². The fourth-order valence-electron chi connectivity index (χ4n) is 1.73. The molecular weight excluding hydrogens is 190 g/mol. The highest BCUT2D eigenvalue weighted by molar-refractivity contribution is 5.89. The van der Waals surface area contributed by atoms with E-state index in [-0.39, 0.29) is 0 Å². The molecule has 3 nitrogen and oxygen atoms in total. The highest BCUT2D eigenvalue weighted by Crippen LogP contribution is 2.29. The van der Waals surface area contributed by atoms with Crippen LogP contribution in [-0.4, -0.2) is 17.1 Å². The van der Waals surface area contributed by atoms with Gasteiger partial charge in [0.2, 0.25) is 0 Å². The van der Waals surface area contributed by atoms with Crippen LogP contribution in [0.25, 0.3) is 0 Å². The summed E-state index contributed by atoms with van der Waals surface area (Å²) < 4.78 is 0. The van der Waals surface area contributed by atoms with E-state index in [1.165, 1.54) is 6.42 Å². The number of nitrogens with one attached hydrogen (secondary N) is 1. The number of carboxylic acids is 1. The summed E-state index contributed by atoms with van der Waals surface area (Å²) in [5, 5.41) is 12.3. The molecule has 0 bridgehead atoms. The SMILES string of the molecule is CC1CC1NCc1ccccc1C(=O)O. The number of carboxylic acid groups (broad SMARTS) is 1. The summed E-state index contributed by atoms with van der Waals surface area (Å²) in [6.45, 7) is 2.85. The van der Waals surface area contributed by atoms with E-state index in [9.17, 15) is 4.79 Å². The third kappa shape index (κ3) is 2.36. The Balaban J connectivity index is 2.03. The van der Waals surface area contributed by atoms with Crippen molar-refractivity contribution in [2.75, 3.05) is 0 Å². The van der Waals surface area contributed by atoms with Crippen molar-refractivity contribution in [2.45, 2.75) is 25.9 Å². The monoisotopic (exact) mass is 205 g/mol. The van der Waals surface area contributed by atoms with E-state index >= 15 is 0 Å². The molecule has 3 heteroatoms. The lowest BCUT2D eigenvalue weighted by Crippen LogP contribution is -2.18. The molecule has 1 aromatic rings. The Hall–Kier alpha value is -1.35. The predicted molar refractivity (Wildman–Crippen MR) is 57.8 cm³/mol. The van der Waals surface area contributed by atoms with Gasteiger partial charge in [-0.1, -0.05) is 25.1 Å². The van der Waals surface area contributed by atoms with Crippen LogP contribution < -0.4 is 5.32 Å². The molecule has 0 amide bonds. The van der Waals surface area contributed by atoms with Gasteiger partial charge in [-0.3, -0.25) is 0 Å². The van der Waals surface area contributed by atoms with Gasteiger partial charge in [-0.15, -0.1) is 0 Å². The van der Waals surface area contributed by atoms with Crippen molar-refractivity contribution in [3.63, 3.8) is 0 Å². The second-order valence-corrected chi connectivity index (χ2v) is 4.16. The van der Waals surface area contributed by atoms with Gasteiger partial charge in [-0.2, -0.15) is 0 Å². The van der Waals surface area contributed by atoms with Gasteiger partial charge in [0.05, 0.1) is 5.56 Å². The number of benzene rings is 1. The number of rotatable bonds is 4. The van der Waals surface area contributed by atoms with Gasteiger partial charge in [-0.05, 0) is 24.0 Å². The van der Waals surface area contributed by atoms with Crippen molar-refractivity contribution in [1.29, 1.82) is 0 Å². The van der Waals surface area contributed by atoms with Crippen LogP contribution in [0.2, 0.25) is 0 Å². The van der Waals surface area contributed by atoms with Gasteiger partial charge in [0.25, 0.3) is 0 Å². The Morgan fingerprint density at radius 2 is 2.20 bits per heavy atom. The van der Waals surface area contributed by atoms with Crippen molar-refractivity contribution in [3.05, 3.63) is 35.4 Å². The summed E-state index contributed by atoms with van der Waals surface area (Å²) in [4.78, 5) is 10.9. The molecule has 0 heterocycles. The summed E-state index contributed by atoms with van der Waals surface area (Å²) >= 11 is 0. The van der Waals surface area contributed by atoms with Crippen LogP contribution in [0.1, 0.15) is 29.3 Å². The predicted octanol–water partition coefficient (Wildman–Crippen LogP) is 1.88. The molecule has 1 aromatic carbocycles. The zero-order valence-electron chi connectivity index (χ0n) is 8.73. The summed E-state index contributed by atoms with van der Waals surface area (Å²) in [7, 11) is 0. The molecule has 1 fully saturated rings. The number of hydrogen-bond donors (Lipinski definition) is 2. The Morgan fingerprint density at radius 3 is 2.80 bits per heavy atom. The van der Waals surface area contributed by atoms with Gasteiger partial charge in [0.15, 0.2) is 0 Å². The first-order valence-corrected chi connectivity index (χ1v) is 5.23. The van der Waals surface area contributed by atoms with E-state index in [1.54, 1.807) is 12.1 Å². The molecule has 0 aromatic heterocycles. The number of aromatic carboxylic acids is 1. The molecule has 2 N–H and O–H groups in total. The highest BCUT2D eigenvalue weighted by Gasteiger charge is 2.31. The summed E-state index contributed by atoms with van der Waals surface area (Å²) in [5.41, 5.74) is 1.27. The first-order valence-electron chi connectivity index (χ1n) is 5.23. The van der Waals surface area contributed by atoms with Crippen molar-refractivity contribution in [1.82, 2.24) is 5.32 Å². The molecule has 0 radical (unpaired) electrons. The summed E-state index contributed by atoms with van der Waals surface area (Å²) in [6, 6.07) is 7.72.